The third kappa shape index (κ3) is 4.10. The molecule has 0 amide bonds. The van der Waals surface area contributed by atoms with Gasteiger partial charge in [0.25, 0.3) is 0 Å². The van der Waals surface area contributed by atoms with Gasteiger partial charge in [0.2, 0.25) is 0 Å². The summed E-state index contributed by atoms with van der Waals surface area (Å²) in [6, 6.07) is 5.57. The van der Waals surface area contributed by atoms with Crippen molar-refractivity contribution in [2.45, 2.75) is 27.2 Å². The minimum Gasteiger partial charge on any atom is -0.465 e. The predicted molar refractivity (Wildman–Crippen MR) is 70.5 cm³/mol. The maximum atomic E-state index is 11.4. The fraction of sp³-hybridized carbons (Fsp3) is 0.500. The number of hydrogen-bond donors (Lipinski definition) is 1. The zero-order valence-electron chi connectivity index (χ0n) is 11.0. The zero-order chi connectivity index (χ0) is 12.8. The summed E-state index contributed by atoms with van der Waals surface area (Å²) in [5, 5.41) is 3.36. The number of anilines is 1. The number of methoxy groups -OCH3 is 1. The highest BCUT2D eigenvalue weighted by molar-refractivity contribution is 5.90. The Morgan fingerprint density at radius 2 is 2.12 bits per heavy atom. The number of carbonyl (C=O) groups excluding carboxylic acids is 1. The Balaban J connectivity index is 2.73. The summed E-state index contributed by atoms with van der Waals surface area (Å²) in [5.74, 6) is 0.378. The van der Waals surface area contributed by atoms with Gasteiger partial charge in [-0.3, -0.25) is 0 Å². The summed E-state index contributed by atoms with van der Waals surface area (Å²) in [6.45, 7) is 7.33. The van der Waals surface area contributed by atoms with Crippen LogP contribution in [0.3, 0.4) is 0 Å². The third-order valence-corrected chi connectivity index (χ3v) is 2.70. The Hall–Kier alpha value is -1.51. The van der Waals surface area contributed by atoms with Crippen molar-refractivity contribution in [3.8, 4) is 0 Å². The molecular formula is C14H21NO2. The average Bonchev–Trinajstić information content (AvgIpc) is 2.30. The first-order valence-electron chi connectivity index (χ1n) is 5.97. The fourth-order valence-corrected chi connectivity index (χ4v) is 1.55. The molecule has 1 N–H and O–H groups in total. The first-order chi connectivity index (χ1) is 8.04. The second kappa shape index (κ2) is 6.28. The van der Waals surface area contributed by atoms with Crippen molar-refractivity contribution in [2.24, 2.45) is 5.92 Å². The molecule has 0 saturated heterocycles. The first kappa shape index (κ1) is 13.6. The molecule has 3 nitrogen and oxygen atoms in total. The van der Waals surface area contributed by atoms with Gasteiger partial charge in [-0.25, -0.2) is 4.79 Å². The summed E-state index contributed by atoms with van der Waals surface area (Å²) < 4.78 is 4.71. The zero-order valence-corrected chi connectivity index (χ0v) is 11.0. The molecule has 0 bridgehead atoms. The van der Waals surface area contributed by atoms with Gasteiger partial charge < -0.3 is 10.1 Å². The first-order valence-corrected chi connectivity index (χ1v) is 5.97. The molecule has 0 saturated carbocycles. The van der Waals surface area contributed by atoms with E-state index in [1.807, 2.05) is 19.1 Å². The molecule has 0 spiro atoms. The topological polar surface area (TPSA) is 38.3 Å². The molecule has 0 heterocycles. The second-order valence-electron chi connectivity index (χ2n) is 4.63. The predicted octanol–water partition coefficient (Wildman–Crippen LogP) is 3.24. The molecule has 0 fully saturated rings. The van der Waals surface area contributed by atoms with Gasteiger partial charge in [0.05, 0.1) is 12.7 Å². The van der Waals surface area contributed by atoms with Crippen LogP contribution in [0.4, 0.5) is 5.69 Å². The standard InChI is InChI=1S/C14H21NO2/c1-10(2)7-8-15-13-9-12(14(16)17-4)6-5-11(13)3/h5-6,9-10,15H,7-8H2,1-4H3. The Morgan fingerprint density at radius 1 is 1.41 bits per heavy atom. The SMILES string of the molecule is COC(=O)c1ccc(C)c(NCCC(C)C)c1. The van der Waals surface area contributed by atoms with E-state index >= 15 is 0 Å². The van der Waals surface area contributed by atoms with E-state index in [-0.39, 0.29) is 5.97 Å². The molecule has 1 rings (SSSR count). The summed E-state index contributed by atoms with van der Waals surface area (Å²) in [6.07, 6.45) is 1.11. The normalized spacial score (nSPS) is 10.4. The van der Waals surface area contributed by atoms with Gasteiger partial charge in [-0.05, 0) is 37.0 Å². The Kier molecular flexibility index (Phi) is 5.01. The van der Waals surface area contributed by atoms with Crippen LogP contribution < -0.4 is 5.32 Å². The van der Waals surface area contributed by atoms with E-state index in [4.69, 9.17) is 4.74 Å². The van der Waals surface area contributed by atoms with Gasteiger partial charge in [-0.1, -0.05) is 19.9 Å². The molecule has 0 aliphatic carbocycles. The molecule has 1 aromatic carbocycles. The summed E-state index contributed by atoms with van der Waals surface area (Å²) >= 11 is 0. The molecule has 0 radical (unpaired) electrons. The fourth-order valence-electron chi connectivity index (χ4n) is 1.55. The quantitative estimate of drug-likeness (QED) is 0.796. The largest absolute Gasteiger partial charge is 0.465 e. The smallest absolute Gasteiger partial charge is 0.337 e. The Morgan fingerprint density at radius 3 is 2.71 bits per heavy atom. The van der Waals surface area contributed by atoms with Crippen LogP contribution in [0.25, 0.3) is 0 Å². The van der Waals surface area contributed by atoms with Crippen molar-refractivity contribution >= 4 is 11.7 Å². The number of benzene rings is 1. The molecule has 0 atom stereocenters. The number of ether oxygens (including phenoxy) is 1. The molecule has 0 aliphatic rings. The minimum absolute atomic E-state index is 0.295. The van der Waals surface area contributed by atoms with E-state index in [0.29, 0.717) is 11.5 Å². The number of esters is 1. The van der Waals surface area contributed by atoms with Gasteiger partial charge in [-0.15, -0.1) is 0 Å². The molecule has 94 valence electrons. The van der Waals surface area contributed by atoms with Crippen LogP contribution in [0, 0.1) is 12.8 Å². The summed E-state index contributed by atoms with van der Waals surface area (Å²) in [7, 11) is 1.40. The summed E-state index contributed by atoms with van der Waals surface area (Å²) in [5.41, 5.74) is 2.74. The number of hydrogen-bond acceptors (Lipinski definition) is 3. The molecule has 17 heavy (non-hydrogen) atoms. The Bertz CT molecular complexity index is 386. The third-order valence-electron chi connectivity index (χ3n) is 2.70. The molecule has 3 heteroatoms. The van der Waals surface area contributed by atoms with E-state index in [0.717, 1.165) is 24.2 Å². The summed E-state index contributed by atoms with van der Waals surface area (Å²) in [4.78, 5) is 11.4. The van der Waals surface area contributed by atoms with Crippen molar-refractivity contribution in [1.82, 2.24) is 0 Å². The average molecular weight is 235 g/mol. The van der Waals surface area contributed by atoms with Crippen LogP contribution in [0.15, 0.2) is 18.2 Å². The molecule has 1 aromatic rings. The van der Waals surface area contributed by atoms with Crippen molar-refractivity contribution in [2.75, 3.05) is 19.0 Å². The van der Waals surface area contributed by atoms with Crippen LogP contribution in [0.2, 0.25) is 0 Å². The highest BCUT2D eigenvalue weighted by atomic mass is 16.5. The van der Waals surface area contributed by atoms with E-state index in [1.54, 1.807) is 6.07 Å². The van der Waals surface area contributed by atoms with Crippen LogP contribution in [0.5, 0.6) is 0 Å². The number of rotatable bonds is 5. The lowest BCUT2D eigenvalue weighted by molar-refractivity contribution is 0.0601. The van der Waals surface area contributed by atoms with E-state index in [2.05, 4.69) is 19.2 Å². The number of aryl methyl sites for hydroxylation is 1. The minimum atomic E-state index is -0.295. The lowest BCUT2D eigenvalue weighted by Crippen LogP contribution is -2.08. The number of nitrogens with one attached hydrogen (secondary N) is 1. The van der Waals surface area contributed by atoms with E-state index < -0.39 is 0 Å². The molecule has 0 unspecified atom stereocenters. The van der Waals surface area contributed by atoms with E-state index in [9.17, 15) is 4.79 Å². The van der Waals surface area contributed by atoms with Crippen LogP contribution in [0.1, 0.15) is 36.2 Å². The molecular weight excluding hydrogens is 214 g/mol. The molecule has 0 aromatic heterocycles. The van der Waals surface area contributed by atoms with Crippen LogP contribution >= 0.6 is 0 Å². The second-order valence-corrected chi connectivity index (χ2v) is 4.63. The van der Waals surface area contributed by atoms with Gasteiger partial charge in [0, 0.05) is 12.2 Å². The van der Waals surface area contributed by atoms with Gasteiger partial charge in [-0.2, -0.15) is 0 Å². The van der Waals surface area contributed by atoms with E-state index in [1.165, 1.54) is 7.11 Å². The van der Waals surface area contributed by atoms with Crippen LogP contribution in [-0.2, 0) is 4.74 Å². The van der Waals surface area contributed by atoms with Gasteiger partial charge in [0.1, 0.15) is 0 Å². The Labute approximate surface area is 103 Å². The van der Waals surface area contributed by atoms with Crippen molar-refractivity contribution < 1.29 is 9.53 Å². The number of carbonyl (C=O) groups is 1. The maximum Gasteiger partial charge on any atom is 0.337 e. The van der Waals surface area contributed by atoms with Crippen molar-refractivity contribution in [3.05, 3.63) is 29.3 Å². The highest BCUT2D eigenvalue weighted by Gasteiger charge is 2.07. The molecule has 0 aliphatic heterocycles. The lowest BCUT2D eigenvalue weighted by atomic mass is 10.1. The van der Waals surface area contributed by atoms with Crippen LogP contribution in [-0.4, -0.2) is 19.6 Å². The highest BCUT2D eigenvalue weighted by Crippen LogP contribution is 2.17. The van der Waals surface area contributed by atoms with Gasteiger partial charge in [0.15, 0.2) is 0 Å². The van der Waals surface area contributed by atoms with Crippen molar-refractivity contribution in [3.63, 3.8) is 0 Å². The maximum absolute atomic E-state index is 11.4. The lowest BCUT2D eigenvalue weighted by Gasteiger charge is -2.12. The monoisotopic (exact) mass is 235 g/mol. The van der Waals surface area contributed by atoms with Crippen molar-refractivity contribution in [1.29, 1.82) is 0 Å². The van der Waals surface area contributed by atoms with Gasteiger partial charge >= 0.3 is 5.97 Å².